The summed E-state index contributed by atoms with van der Waals surface area (Å²) in [6.45, 7) is 1.97. The molecular formula is C11H9BrN4O. The van der Waals surface area contributed by atoms with Crippen molar-refractivity contribution in [1.29, 1.82) is 0 Å². The van der Waals surface area contributed by atoms with E-state index in [1.165, 1.54) is 0 Å². The lowest BCUT2D eigenvalue weighted by molar-refractivity contribution is 0.550. The zero-order valence-corrected chi connectivity index (χ0v) is 10.6. The van der Waals surface area contributed by atoms with Gasteiger partial charge >= 0.3 is 0 Å². The molecule has 0 atom stereocenters. The van der Waals surface area contributed by atoms with E-state index in [0.29, 0.717) is 27.6 Å². The average molecular weight is 293 g/mol. The van der Waals surface area contributed by atoms with Crippen LogP contribution in [-0.2, 0) is 0 Å². The van der Waals surface area contributed by atoms with E-state index in [-0.39, 0.29) is 0 Å². The third-order valence-electron chi connectivity index (χ3n) is 2.46. The quantitative estimate of drug-likeness (QED) is 0.749. The average Bonchev–Trinajstić information content (AvgIpc) is 2.83. The van der Waals surface area contributed by atoms with Crippen LogP contribution in [0, 0.1) is 6.92 Å². The van der Waals surface area contributed by atoms with Crippen molar-refractivity contribution in [3.8, 4) is 11.6 Å². The molecule has 3 aromatic heterocycles. The van der Waals surface area contributed by atoms with Crippen LogP contribution in [0.25, 0.3) is 17.2 Å². The normalized spacial score (nSPS) is 11.2. The van der Waals surface area contributed by atoms with Crippen LogP contribution in [0.1, 0.15) is 5.56 Å². The molecule has 0 saturated heterocycles. The number of aryl methyl sites for hydroxylation is 1. The van der Waals surface area contributed by atoms with Crippen molar-refractivity contribution in [2.24, 2.45) is 0 Å². The highest BCUT2D eigenvalue weighted by atomic mass is 79.9. The molecule has 0 unspecified atom stereocenters. The molecule has 0 spiro atoms. The minimum atomic E-state index is 0.606. The number of anilines is 1. The molecule has 0 saturated carbocycles. The number of pyridine rings is 1. The summed E-state index contributed by atoms with van der Waals surface area (Å²) < 4.78 is 7.95. The Balaban J connectivity index is 2.31. The number of fused-ring (bicyclic) bond motifs is 1. The number of halogens is 1. The first-order valence-corrected chi connectivity index (χ1v) is 5.81. The van der Waals surface area contributed by atoms with Gasteiger partial charge in [0.2, 0.25) is 5.82 Å². The monoisotopic (exact) mass is 292 g/mol. The number of hydrogen-bond donors (Lipinski definition) is 1. The second-order valence-electron chi connectivity index (χ2n) is 3.79. The fourth-order valence-electron chi connectivity index (χ4n) is 1.76. The molecule has 86 valence electrons. The van der Waals surface area contributed by atoms with Gasteiger partial charge in [0.25, 0.3) is 0 Å². The van der Waals surface area contributed by atoms with Crippen molar-refractivity contribution in [3.05, 3.63) is 34.6 Å². The van der Waals surface area contributed by atoms with Gasteiger partial charge in [-0.3, -0.25) is 4.40 Å². The number of furan rings is 1. The molecule has 3 rings (SSSR count). The Morgan fingerprint density at radius 3 is 2.88 bits per heavy atom. The molecule has 6 heteroatoms. The molecule has 0 bridgehead atoms. The van der Waals surface area contributed by atoms with Gasteiger partial charge in [0.1, 0.15) is 0 Å². The summed E-state index contributed by atoms with van der Waals surface area (Å²) in [6.07, 6.45) is 1.93. The summed E-state index contributed by atoms with van der Waals surface area (Å²) in [6, 6.07) is 5.51. The fraction of sp³-hybridized carbons (Fsp3) is 0.0909. The predicted octanol–water partition coefficient (Wildman–Crippen LogP) is 2.64. The van der Waals surface area contributed by atoms with Crippen molar-refractivity contribution in [3.63, 3.8) is 0 Å². The molecular weight excluding hydrogens is 284 g/mol. The first-order valence-electron chi connectivity index (χ1n) is 5.02. The van der Waals surface area contributed by atoms with Crippen LogP contribution >= 0.6 is 15.9 Å². The molecule has 0 amide bonds. The summed E-state index contributed by atoms with van der Waals surface area (Å²) in [5.41, 5.74) is 8.18. The highest BCUT2D eigenvalue weighted by Crippen LogP contribution is 2.25. The van der Waals surface area contributed by atoms with E-state index >= 15 is 0 Å². The first-order chi connectivity index (χ1) is 8.15. The number of hydrogen-bond acceptors (Lipinski definition) is 4. The minimum absolute atomic E-state index is 0.606. The molecule has 0 aliphatic carbocycles. The van der Waals surface area contributed by atoms with Crippen LogP contribution in [-0.4, -0.2) is 14.6 Å². The Hall–Kier alpha value is -1.82. The molecule has 0 aromatic carbocycles. The van der Waals surface area contributed by atoms with Crippen LogP contribution in [0.4, 0.5) is 5.69 Å². The maximum absolute atomic E-state index is 5.89. The van der Waals surface area contributed by atoms with Gasteiger partial charge < -0.3 is 10.2 Å². The lowest BCUT2D eigenvalue weighted by Crippen LogP contribution is -1.95. The van der Waals surface area contributed by atoms with Crippen molar-refractivity contribution in [1.82, 2.24) is 14.6 Å². The van der Waals surface area contributed by atoms with Crippen LogP contribution in [0.2, 0.25) is 0 Å². The van der Waals surface area contributed by atoms with Crippen LogP contribution in [0.3, 0.4) is 0 Å². The van der Waals surface area contributed by atoms with Gasteiger partial charge in [0, 0.05) is 6.20 Å². The summed E-state index contributed by atoms with van der Waals surface area (Å²) in [5, 5.41) is 8.16. The van der Waals surface area contributed by atoms with Gasteiger partial charge in [-0.1, -0.05) is 0 Å². The van der Waals surface area contributed by atoms with Gasteiger partial charge in [0.05, 0.1) is 5.69 Å². The maximum Gasteiger partial charge on any atom is 0.204 e. The van der Waals surface area contributed by atoms with Crippen molar-refractivity contribution in [2.45, 2.75) is 6.92 Å². The van der Waals surface area contributed by atoms with Gasteiger partial charge in [-0.05, 0) is 46.6 Å². The van der Waals surface area contributed by atoms with E-state index in [4.69, 9.17) is 10.2 Å². The zero-order chi connectivity index (χ0) is 12.0. The molecule has 17 heavy (non-hydrogen) atoms. The number of nitrogen functional groups attached to an aromatic ring is 1. The topological polar surface area (TPSA) is 69.3 Å². The van der Waals surface area contributed by atoms with E-state index < -0.39 is 0 Å². The fourth-order valence-corrected chi connectivity index (χ4v) is 2.07. The third kappa shape index (κ3) is 1.61. The second kappa shape index (κ2) is 3.59. The number of nitrogens with zero attached hydrogens (tertiary/aromatic N) is 3. The number of aromatic nitrogens is 3. The zero-order valence-electron chi connectivity index (χ0n) is 9.01. The molecule has 0 fully saturated rings. The van der Waals surface area contributed by atoms with Gasteiger partial charge in [0.15, 0.2) is 16.1 Å². The largest absolute Gasteiger partial charge is 0.446 e. The standard InChI is InChI=1S/C11H9BrN4O/c1-6-4-7(13)10-14-15-11(16(10)5-6)8-2-3-9(12)17-8/h2-5H,13H2,1H3. The maximum atomic E-state index is 5.89. The Bertz CT molecular complexity index is 701. The van der Waals surface area contributed by atoms with Crippen molar-refractivity contribution in [2.75, 3.05) is 5.73 Å². The number of nitrogens with two attached hydrogens (primary N) is 1. The molecule has 5 nitrogen and oxygen atoms in total. The molecule has 3 aromatic rings. The van der Waals surface area contributed by atoms with Crippen LogP contribution in [0.15, 0.2) is 33.5 Å². The molecule has 0 aliphatic heterocycles. The summed E-state index contributed by atoms with van der Waals surface area (Å²) in [5.74, 6) is 1.29. The highest BCUT2D eigenvalue weighted by Gasteiger charge is 2.13. The second-order valence-corrected chi connectivity index (χ2v) is 4.58. The summed E-state index contributed by atoms with van der Waals surface area (Å²) in [4.78, 5) is 0. The van der Waals surface area contributed by atoms with Gasteiger partial charge in [-0.25, -0.2) is 0 Å². The van der Waals surface area contributed by atoms with E-state index in [2.05, 4.69) is 26.1 Å². The van der Waals surface area contributed by atoms with E-state index in [1.807, 2.05) is 35.7 Å². The SMILES string of the molecule is Cc1cc(N)c2nnc(-c3ccc(Br)o3)n2c1. The van der Waals surface area contributed by atoms with Crippen molar-refractivity contribution >= 4 is 27.3 Å². The highest BCUT2D eigenvalue weighted by molar-refractivity contribution is 9.10. The van der Waals surface area contributed by atoms with E-state index in [1.54, 1.807) is 0 Å². The Morgan fingerprint density at radius 1 is 1.35 bits per heavy atom. The van der Waals surface area contributed by atoms with Crippen LogP contribution < -0.4 is 5.73 Å². The predicted molar refractivity (Wildman–Crippen MR) is 67.5 cm³/mol. The van der Waals surface area contributed by atoms with Crippen LogP contribution in [0.5, 0.6) is 0 Å². The molecule has 0 radical (unpaired) electrons. The Kier molecular flexibility index (Phi) is 2.19. The third-order valence-corrected chi connectivity index (χ3v) is 2.89. The Morgan fingerprint density at radius 2 is 2.18 bits per heavy atom. The summed E-state index contributed by atoms with van der Waals surface area (Å²) >= 11 is 3.26. The van der Waals surface area contributed by atoms with Gasteiger partial charge in [-0.15, -0.1) is 10.2 Å². The van der Waals surface area contributed by atoms with E-state index in [9.17, 15) is 0 Å². The van der Waals surface area contributed by atoms with Gasteiger partial charge in [-0.2, -0.15) is 0 Å². The van der Waals surface area contributed by atoms with Crippen molar-refractivity contribution < 1.29 is 4.42 Å². The lowest BCUT2D eigenvalue weighted by Gasteiger charge is -2.01. The minimum Gasteiger partial charge on any atom is -0.446 e. The Labute approximate surface area is 105 Å². The lowest BCUT2D eigenvalue weighted by atomic mass is 10.3. The first kappa shape index (κ1) is 10.3. The van der Waals surface area contributed by atoms with E-state index in [0.717, 1.165) is 5.56 Å². The summed E-state index contributed by atoms with van der Waals surface area (Å²) in [7, 11) is 0. The molecule has 3 heterocycles. The number of rotatable bonds is 1. The molecule has 0 aliphatic rings. The molecule has 2 N–H and O–H groups in total. The smallest absolute Gasteiger partial charge is 0.204 e.